The number of hydrogen-bond acceptors (Lipinski definition) is 2. The second-order valence-electron chi connectivity index (χ2n) is 2.32. The van der Waals surface area contributed by atoms with Crippen LogP contribution in [-0.4, -0.2) is 19.1 Å². The van der Waals surface area contributed by atoms with E-state index in [1.54, 1.807) is 0 Å². The second kappa shape index (κ2) is 2.54. The first kappa shape index (κ1) is 7.47. The van der Waals surface area contributed by atoms with Crippen LogP contribution in [0.1, 0.15) is 0 Å². The summed E-state index contributed by atoms with van der Waals surface area (Å²) in [6.07, 6.45) is 0. The van der Waals surface area contributed by atoms with Gasteiger partial charge in [0.25, 0.3) is 0 Å². The van der Waals surface area contributed by atoms with Crippen molar-refractivity contribution in [2.24, 2.45) is 0 Å². The number of anilines is 2. The van der Waals surface area contributed by atoms with Crippen LogP contribution in [0.4, 0.5) is 11.6 Å². The molecule has 0 atom stereocenters. The fourth-order valence-corrected chi connectivity index (χ4v) is 1.46. The molecule has 0 aliphatic carbocycles. The summed E-state index contributed by atoms with van der Waals surface area (Å²) >= 11 is 3.36. The van der Waals surface area contributed by atoms with Gasteiger partial charge in [-0.3, -0.25) is 0 Å². The van der Waals surface area contributed by atoms with E-state index in [-0.39, 0.29) is 0 Å². The number of H-pyrrole nitrogens is 1. The van der Waals surface area contributed by atoms with E-state index in [2.05, 4.69) is 20.9 Å². The molecule has 1 rings (SSSR count). The van der Waals surface area contributed by atoms with Gasteiger partial charge in [0.1, 0.15) is 11.6 Å². The van der Waals surface area contributed by atoms with E-state index in [1.165, 1.54) is 0 Å². The van der Waals surface area contributed by atoms with Crippen LogP contribution < -0.4 is 10.6 Å². The van der Waals surface area contributed by atoms with Crippen LogP contribution in [0.25, 0.3) is 0 Å². The first-order chi connectivity index (χ1) is 4.61. The lowest BCUT2D eigenvalue weighted by Gasteiger charge is -2.09. The number of aromatic nitrogens is 1. The molecular weight excluding hydrogens is 194 g/mol. The first-order valence-electron chi connectivity index (χ1n) is 2.92. The van der Waals surface area contributed by atoms with Gasteiger partial charge in [-0.2, -0.15) is 0 Å². The molecule has 0 aromatic carbocycles. The Morgan fingerprint density at radius 1 is 1.60 bits per heavy atom. The summed E-state index contributed by atoms with van der Waals surface area (Å²) in [5.41, 5.74) is 5.50. The average Bonchev–Trinajstić information content (AvgIpc) is 2.10. The summed E-state index contributed by atoms with van der Waals surface area (Å²) < 4.78 is 0.995. The van der Waals surface area contributed by atoms with Gasteiger partial charge in [0.05, 0.1) is 4.47 Å². The van der Waals surface area contributed by atoms with Crippen molar-refractivity contribution in [2.45, 2.75) is 0 Å². The Balaban J connectivity index is 3.03. The predicted octanol–water partition coefficient (Wildman–Crippen LogP) is 1.43. The lowest BCUT2D eigenvalue weighted by molar-refractivity contribution is 1.08. The minimum atomic E-state index is 0.676. The molecule has 4 heteroatoms. The second-order valence-corrected chi connectivity index (χ2v) is 3.17. The molecule has 3 N–H and O–H groups in total. The van der Waals surface area contributed by atoms with Gasteiger partial charge in [-0.25, -0.2) is 0 Å². The van der Waals surface area contributed by atoms with Gasteiger partial charge >= 0.3 is 0 Å². The number of hydrogen-bond donors (Lipinski definition) is 2. The molecule has 0 saturated carbocycles. The Bertz CT molecular complexity index is 229. The molecule has 1 heterocycles. The number of nitrogens with one attached hydrogen (secondary N) is 1. The standard InChI is InChI=1S/C6H10BrN3/c1-10(2)6-4(7)3-5(8)9-6/h3,9H,8H2,1-2H3. The molecule has 10 heavy (non-hydrogen) atoms. The number of nitrogens with two attached hydrogens (primary N) is 1. The fourth-order valence-electron chi connectivity index (χ4n) is 0.763. The topological polar surface area (TPSA) is 45.0 Å². The zero-order valence-corrected chi connectivity index (χ0v) is 7.57. The van der Waals surface area contributed by atoms with Gasteiger partial charge in [0, 0.05) is 14.1 Å². The number of nitrogens with zero attached hydrogens (tertiary/aromatic N) is 1. The van der Waals surface area contributed by atoms with E-state index >= 15 is 0 Å². The highest BCUT2D eigenvalue weighted by Gasteiger charge is 2.03. The number of rotatable bonds is 1. The van der Waals surface area contributed by atoms with Crippen LogP contribution in [0.15, 0.2) is 10.5 Å². The summed E-state index contributed by atoms with van der Waals surface area (Å²) in [5, 5.41) is 0. The third kappa shape index (κ3) is 1.26. The van der Waals surface area contributed by atoms with Crippen molar-refractivity contribution in [2.75, 3.05) is 24.7 Å². The molecule has 0 amide bonds. The van der Waals surface area contributed by atoms with Gasteiger partial charge in [0.15, 0.2) is 0 Å². The normalized spacial score (nSPS) is 9.90. The Morgan fingerprint density at radius 3 is 2.40 bits per heavy atom. The highest BCUT2D eigenvalue weighted by atomic mass is 79.9. The summed E-state index contributed by atoms with van der Waals surface area (Å²) in [6, 6.07) is 1.84. The van der Waals surface area contributed by atoms with Crippen LogP contribution in [0.3, 0.4) is 0 Å². The van der Waals surface area contributed by atoms with Gasteiger partial charge < -0.3 is 15.6 Å². The van der Waals surface area contributed by atoms with Crippen LogP contribution in [0.5, 0.6) is 0 Å². The van der Waals surface area contributed by atoms with Crippen LogP contribution >= 0.6 is 15.9 Å². The van der Waals surface area contributed by atoms with Crippen LogP contribution in [0.2, 0.25) is 0 Å². The zero-order valence-electron chi connectivity index (χ0n) is 5.98. The molecule has 56 valence electrons. The van der Waals surface area contributed by atoms with E-state index in [0.29, 0.717) is 5.82 Å². The van der Waals surface area contributed by atoms with E-state index in [1.807, 2.05) is 25.1 Å². The molecule has 0 saturated heterocycles. The van der Waals surface area contributed by atoms with Crippen molar-refractivity contribution in [1.82, 2.24) is 4.98 Å². The van der Waals surface area contributed by atoms with Gasteiger partial charge in [-0.1, -0.05) is 0 Å². The average molecular weight is 204 g/mol. The van der Waals surface area contributed by atoms with Crippen molar-refractivity contribution in [3.63, 3.8) is 0 Å². The molecule has 0 unspecified atom stereocenters. The van der Waals surface area contributed by atoms with Crippen molar-refractivity contribution < 1.29 is 0 Å². The Kier molecular flexibility index (Phi) is 1.89. The number of nitrogen functional groups attached to an aromatic ring is 1. The summed E-state index contributed by atoms with van der Waals surface area (Å²) in [6.45, 7) is 0. The Morgan fingerprint density at radius 2 is 2.20 bits per heavy atom. The molecule has 0 radical (unpaired) electrons. The minimum Gasteiger partial charge on any atom is -0.385 e. The lowest BCUT2D eigenvalue weighted by Crippen LogP contribution is -2.09. The van der Waals surface area contributed by atoms with E-state index < -0.39 is 0 Å². The monoisotopic (exact) mass is 203 g/mol. The largest absolute Gasteiger partial charge is 0.385 e. The highest BCUT2D eigenvalue weighted by molar-refractivity contribution is 9.10. The molecule has 0 fully saturated rings. The molecular formula is C6H10BrN3. The van der Waals surface area contributed by atoms with Crippen molar-refractivity contribution in [3.8, 4) is 0 Å². The highest BCUT2D eigenvalue weighted by Crippen LogP contribution is 2.25. The fraction of sp³-hybridized carbons (Fsp3) is 0.333. The van der Waals surface area contributed by atoms with Gasteiger partial charge in [-0.15, -0.1) is 0 Å². The van der Waals surface area contributed by atoms with Gasteiger partial charge in [-0.05, 0) is 22.0 Å². The summed E-state index contributed by atoms with van der Waals surface area (Å²) in [5.74, 6) is 1.67. The van der Waals surface area contributed by atoms with Crippen molar-refractivity contribution >= 4 is 27.6 Å². The minimum absolute atomic E-state index is 0.676. The van der Waals surface area contributed by atoms with Crippen molar-refractivity contribution in [1.29, 1.82) is 0 Å². The molecule has 1 aromatic rings. The quantitative estimate of drug-likeness (QED) is 0.726. The molecule has 1 aromatic heterocycles. The van der Waals surface area contributed by atoms with E-state index in [9.17, 15) is 0 Å². The lowest BCUT2D eigenvalue weighted by atomic mass is 10.6. The predicted molar refractivity (Wildman–Crippen MR) is 47.2 cm³/mol. The third-order valence-corrected chi connectivity index (χ3v) is 1.82. The van der Waals surface area contributed by atoms with E-state index in [4.69, 9.17) is 5.73 Å². The van der Waals surface area contributed by atoms with Gasteiger partial charge in [0.2, 0.25) is 0 Å². The Hall–Kier alpha value is -0.640. The SMILES string of the molecule is CN(C)c1[nH]c(N)cc1Br. The van der Waals surface area contributed by atoms with Crippen LogP contribution in [-0.2, 0) is 0 Å². The van der Waals surface area contributed by atoms with E-state index in [0.717, 1.165) is 10.3 Å². The Labute approximate surface area is 68.3 Å². The number of aromatic amines is 1. The zero-order chi connectivity index (χ0) is 7.72. The molecule has 0 bridgehead atoms. The maximum absolute atomic E-state index is 5.50. The molecule has 0 aliphatic rings. The smallest absolute Gasteiger partial charge is 0.121 e. The molecule has 0 spiro atoms. The summed E-state index contributed by atoms with van der Waals surface area (Å²) in [4.78, 5) is 4.96. The molecule has 0 aliphatic heterocycles. The van der Waals surface area contributed by atoms with Crippen LogP contribution in [0, 0.1) is 0 Å². The third-order valence-electron chi connectivity index (χ3n) is 1.22. The molecule has 3 nitrogen and oxygen atoms in total. The maximum Gasteiger partial charge on any atom is 0.121 e. The number of halogens is 1. The maximum atomic E-state index is 5.50. The first-order valence-corrected chi connectivity index (χ1v) is 3.72. The summed E-state index contributed by atoms with van der Waals surface area (Å²) in [7, 11) is 3.91. The van der Waals surface area contributed by atoms with Crippen molar-refractivity contribution in [3.05, 3.63) is 10.5 Å².